The fourth-order valence-corrected chi connectivity index (χ4v) is 5.55. The Bertz CT molecular complexity index is 2080. The van der Waals surface area contributed by atoms with Gasteiger partial charge in [0, 0.05) is 29.5 Å². The number of anilines is 1. The van der Waals surface area contributed by atoms with E-state index in [1.807, 2.05) is 42.2 Å². The molecule has 0 aliphatic rings. The summed E-state index contributed by atoms with van der Waals surface area (Å²) in [5.41, 5.74) is 3.63. The van der Waals surface area contributed by atoms with E-state index >= 15 is 0 Å². The number of hydrogen-bond donors (Lipinski definition) is 2. The lowest BCUT2D eigenvalue weighted by atomic mass is 10.1. The molecule has 0 aliphatic carbocycles. The van der Waals surface area contributed by atoms with E-state index < -0.39 is 20.2 Å². The van der Waals surface area contributed by atoms with Gasteiger partial charge in [-0.05, 0) is 85.3 Å². The van der Waals surface area contributed by atoms with Crippen LogP contribution >= 0.6 is 0 Å². The molecule has 44 heavy (non-hydrogen) atoms. The molecule has 0 aliphatic heterocycles. The number of benzene rings is 5. The van der Waals surface area contributed by atoms with Gasteiger partial charge in [-0.3, -0.25) is 9.11 Å². The lowest BCUT2D eigenvalue weighted by Crippen LogP contribution is -2.22. The van der Waals surface area contributed by atoms with E-state index in [2.05, 4.69) is 20.5 Å². The van der Waals surface area contributed by atoms with Gasteiger partial charge in [0.15, 0.2) is 0 Å². The second kappa shape index (κ2) is 12.8. The molecule has 13 heteroatoms. The molecule has 0 heterocycles. The Morgan fingerprint density at radius 3 is 1.80 bits per heavy atom. The molecule has 0 fully saturated rings. The topological polar surface area (TPSA) is 161 Å². The molecule has 0 aromatic heterocycles. The first-order valence-corrected chi connectivity index (χ1v) is 16.2. The highest BCUT2D eigenvalue weighted by atomic mass is 32.2. The Hall–Kier alpha value is -4.82. The highest BCUT2D eigenvalue weighted by molar-refractivity contribution is 7.86. The number of azo groups is 2. The quantitative estimate of drug-likeness (QED) is 0.116. The summed E-state index contributed by atoms with van der Waals surface area (Å²) in [7, 11) is -8.75. The first kappa shape index (κ1) is 30.6. The molecule has 0 saturated heterocycles. The zero-order valence-electron chi connectivity index (χ0n) is 23.4. The van der Waals surface area contributed by atoms with E-state index in [0.29, 0.717) is 46.6 Å². The van der Waals surface area contributed by atoms with E-state index in [4.69, 9.17) is 0 Å². The van der Waals surface area contributed by atoms with Gasteiger partial charge in [-0.1, -0.05) is 36.4 Å². The van der Waals surface area contributed by atoms with Crippen LogP contribution in [0.25, 0.3) is 10.8 Å². The van der Waals surface area contributed by atoms with Gasteiger partial charge in [-0.2, -0.15) is 27.1 Å². The van der Waals surface area contributed by atoms with Crippen molar-refractivity contribution in [2.75, 3.05) is 11.4 Å². The Kier molecular flexibility index (Phi) is 8.92. The van der Waals surface area contributed by atoms with Crippen molar-refractivity contribution in [3.05, 3.63) is 115 Å². The molecule has 0 atom stereocenters. The maximum atomic E-state index is 11.8. The minimum absolute atomic E-state index is 0.157. The molecule has 224 valence electrons. The van der Waals surface area contributed by atoms with Crippen molar-refractivity contribution in [2.24, 2.45) is 20.5 Å². The second-order valence-corrected chi connectivity index (χ2v) is 12.5. The standard InChI is InChI=1S/C31H27N5O6S2/c1-2-36(21-22-7-6-10-26(19-22)43(37,38)39)25-13-11-24(12-14-25)33-34-30-17-18-31(35-32-23-8-4-3-5-9-23)29-20-27(44(40,41)42)15-16-28(29)30/h3-20H,2,21H2,1H3,(H,37,38,39)(H,40,41,42). The summed E-state index contributed by atoms with van der Waals surface area (Å²) in [5.74, 6) is 0. The summed E-state index contributed by atoms with van der Waals surface area (Å²) < 4.78 is 65.7. The van der Waals surface area contributed by atoms with Gasteiger partial charge in [-0.25, -0.2) is 0 Å². The van der Waals surface area contributed by atoms with E-state index in [0.717, 1.165) is 11.3 Å². The van der Waals surface area contributed by atoms with Crippen molar-refractivity contribution < 1.29 is 25.9 Å². The highest BCUT2D eigenvalue weighted by Gasteiger charge is 2.15. The first-order valence-electron chi connectivity index (χ1n) is 13.4. The van der Waals surface area contributed by atoms with Crippen LogP contribution in [0, 0.1) is 0 Å². The fraction of sp³-hybridized carbons (Fsp3) is 0.0968. The average Bonchev–Trinajstić information content (AvgIpc) is 3.01. The zero-order chi connectivity index (χ0) is 31.3. The molecular weight excluding hydrogens is 603 g/mol. The summed E-state index contributed by atoms with van der Waals surface area (Å²) in [6.45, 7) is 3.04. The lowest BCUT2D eigenvalue weighted by Gasteiger charge is -2.23. The third-order valence-electron chi connectivity index (χ3n) is 6.71. The van der Waals surface area contributed by atoms with Crippen LogP contribution in [0.2, 0.25) is 0 Å². The maximum absolute atomic E-state index is 11.8. The van der Waals surface area contributed by atoms with Crippen LogP contribution in [0.4, 0.5) is 28.4 Å². The maximum Gasteiger partial charge on any atom is 0.294 e. The monoisotopic (exact) mass is 629 g/mol. The van der Waals surface area contributed by atoms with Gasteiger partial charge in [-0.15, -0.1) is 10.2 Å². The largest absolute Gasteiger partial charge is 0.367 e. The Balaban J connectivity index is 1.41. The summed E-state index contributed by atoms with van der Waals surface area (Å²) in [6.07, 6.45) is 0. The van der Waals surface area contributed by atoms with Crippen LogP contribution in [-0.4, -0.2) is 32.5 Å². The molecule has 0 radical (unpaired) electrons. The third kappa shape index (κ3) is 7.38. The van der Waals surface area contributed by atoms with Crippen molar-refractivity contribution in [3.8, 4) is 0 Å². The van der Waals surface area contributed by atoms with E-state index in [1.54, 1.807) is 48.5 Å². The molecule has 0 bridgehead atoms. The number of nitrogens with zero attached hydrogens (tertiary/aromatic N) is 5. The van der Waals surface area contributed by atoms with Crippen molar-refractivity contribution in [3.63, 3.8) is 0 Å². The Labute approximate surface area is 254 Å². The van der Waals surface area contributed by atoms with Crippen LogP contribution in [-0.2, 0) is 26.8 Å². The summed E-state index contributed by atoms with van der Waals surface area (Å²) in [5, 5.41) is 18.3. The van der Waals surface area contributed by atoms with Gasteiger partial charge >= 0.3 is 0 Å². The number of rotatable bonds is 10. The first-order chi connectivity index (χ1) is 21.0. The second-order valence-electron chi connectivity index (χ2n) is 9.67. The zero-order valence-corrected chi connectivity index (χ0v) is 25.0. The van der Waals surface area contributed by atoms with Gasteiger partial charge in [0.25, 0.3) is 20.2 Å². The lowest BCUT2D eigenvalue weighted by molar-refractivity contribution is 0.481. The average molecular weight is 630 g/mol. The minimum atomic E-state index is -4.46. The molecule has 0 spiro atoms. The molecule has 5 rings (SSSR count). The van der Waals surface area contributed by atoms with Crippen LogP contribution in [0.3, 0.4) is 0 Å². The molecular formula is C31H27N5O6S2. The van der Waals surface area contributed by atoms with Crippen molar-refractivity contribution >= 4 is 59.4 Å². The minimum Gasteiger partial charge on any atom is -0.367 e. The summed E-state index contributed by atoms with van der Waals surface area (Å²) >= 11 is 0. The van der Waals surface area contributed by atoms with Crippen LogP contribution in [0.5, 0.6) is 0 Å². The van der Waals surface area contributed by atoms with E-state index in [9.17, 15) is 25.9 Å². The van der Waals surface area contributed by atoms with E-state index in [-0.39, 0.29) is 9.79 Å². The van der Waals surface area contributed by atoms with Crippen LogP contribution in [0.15, 0.2) is 139 Å². The van der Waals surface area contributed by atoms with Crippen LogP contribution in [0.1, 0.15) is 12.5 Å². The summed E-state index contributed by atoms with van der Waals surface area (Å²) in [6, 6.07) is 30.0. The van der Waals surface area contributed by atoms with Gasteiger partial charge in [0.05, 0.1) is 32.5 Å². The van der Waals surface area contributed by atoms with Gasteiger partial charge in [0.1, 0.15) is 0 Å². The SMILES string of the molecule is CCN(Cc1cccc(S(=O)(=O)O)c1)c1ccc(N=Nc2ccc(N=Nc3ccccc3)c3cc(S(=O)(=O)O)ccc23)cc1. The van der Waals surface area contributed by atoms with Crippen molar-refractivity contribution in [1.82, 2.24) is 0 Å². The molecule has 2 N–H and O–H groups in total. The fourth-order valence-electron chi connectivity index (χ4n) is 4.49. The molecule has 0 unspecified atom stereocenters. The molecule has 5 aromatic rings. The highest BCUT2D eigenvalue weighted by Crippen LogP contribution is 2.37. The van der Waals surface area contributed by atoms with Gasteiger partial charge in [0.2, 0.25) is 0 Å². The van der Waals surface area contributed by atoms with Crippen molar-refractivity contribution in [2.45, 2.75) is 23.3 Å². The number of fused-ring (bicyclic) bond motifs is 1. The normalized spacial score (nSPS) is 12.3. The predicted octanol–water partition coefficient (Wildman–Crippen LogP) is 8.19. The Morgan fingerprint density at radius 1 is 0.591 bits per heavy atom. The molecule has 0 amide bonds. The molecule has 0 saturated carbocycles. The third-order valence-corrected chi connectivity index (χ3v) is 8.41. The Morgan fingerprint density at radius 2 is 1.18 bits per heavy atom. The smallest absolute Gasteiger partial charge is 0.294 e. The number of hydrogen-bond acceptors (Lipinski definition) is 9. The summed E-state index contributed by atoms with van der Waals surface area (Å²) in [4.78, 5) is 1.60. The molecule has 11 nitrogen and oxygen atoms in total. The predicted molar refractivity (Wildman–Crippen MR) is 168 cm³/mol. The van der Waals surface area contributed by atoms with Crippen molar-refractivity contribution in [1.29, 1.82) is 0 Å². The van der Waals surface area contributed by atoms with Crippen LogP contribution < -0.4 is 4.90 Å². The van der Waals surface area contributed by atoms with E-state index in [1.165, 1.54) is 30.3 Å². The molecule has 5 aromatic carbocycles. The van der Waals surface area contributed by atoms with Gasteiger partial charge < -0.3 is 4.90 Å².